The average Bonchev–Trinajstić information content (AvgIpc) is 3.28. The second kappa shape index (κ2) is 14.9. The van der Waals surface area contributed by atoms with Gasteiger partial charge in [-0.05, 0) is 47.3 Å². The van der Waals surface area contributed by atoms with Crippen molar-refractivity contribution in [3.63, 3.8) is 0 Å². The molecule has 14 heteroatoms. The average molecular weight is 695 g/mol. The number of nitrogens with zero attached hydrogens (tertiary/aromatic N) is 2. The van der Waals surface area contributed by atoms with Crippen LogP contribution in [0.3, 0.4) is 0 Å². The Kier molecular flexibility index (Phi) is 12.2. The first-order chi connectivity index (χ1) is 22.1. The van der Waals surface area contributed by atoms with Crippen molar-refractivity contribution in [2.75, 3.05) is 31.9 Å². The summed E-state index contributed by atoms with van der Waals surface area (Å²) in [4.78, 5) is 68.8. The molecule has 13 nitrogen and oxygen atoms in total. The van der Waals surface area contributed by atoms with Crippen LogP contribution in [0.5, 0.6) is 0 Å². The lowest BCUT2D eigenvalue weighted by Gasteiger charge is -2.39. The first kappa shape index (κ1) is 39.4. The molecule has 6 atom stereocenters. The van der Waals surface area contributed by atoms with Crippen molar-refractivity contribution in [3.05, 3.63) is 12.7 Å². The number of piperidine rings is 1. The number of urea groups is 1. The van der Waals surface area contributed by atoms with Crippen LogP contribution in [-0.4, -0.2) is 103 Å². The number of ketones is 1. The molecule has 3 rings (SSSR count). The number of amides is 5. The summed E-state index contributed by atoms with van der Waals surface area (Å²) < 4.78 is 26.9. The molecule has 0 aromatic heterocycles. The molecule has 1 saturated carbocycles. The minimum atomic E-state index is -3.42. The number of nitrogens with one attached hydrogen (secondary N) is 4. The van der Waals surface area contributed by atoms with E-state index in [0.717, 1.165) is 6.42 Å². The molecule has 0 spiro atoms. The fraction of sp³-hybridized carbons (Fsp3) is 0.794. The van der Waals surface area contributed by atoms with Crippen LogP contribution in [0.1, 0.15) is 88.0 Å². The molecule has 3 fully saturated rings. The van der Waals surface area contributed by atoms with Crippen LogP contribution >= 0.6 is 0 Å². The van der Waals surface area contributed by atoms with Gasteiger partial charge in [-0.1, -0.05) is 74.8 Å². The highest BCUT2D eigenvalue weighted by atomic mass is 32.2. The molecule has 272 valence electrons. The van der Waals surface area contributed by atoms with E-state index in [0.29, 0.717) is 25.9 Å². The van der Waals surface area contributed by atoms with Crippen LogP contribution in [0.4, 0.5) is 4.79 Å². The summed E-state index contributed by atoms with van der Waals surface area (Å²) >= 11 is 0. The van der Waals surface area contributed by atoms with Crippen molar-refractivity contribution in [3.8, 4) is 0 Å². The predicted octanol–water partition coefficient (Wildman–Crippen LogP) is 2.18. The van der Waals surface area contributed by atoms with E-state index in [1.54, 1.807) is 0 Å². The van der Waals surface area contributed by atoms with Gasteiger partial charge in [0.25, 0.3) is 5.91 Å². The molecule has 0 bridgehead atoms. The van der Waals surface area contributed by atoms with Crippen molar-refractivity contribution in [2.45, 2.75) is 112 Å². The largest absolute Gasteiger partial charge is 0.346 e. The number of hydrogen-bond acceptors (Lipinski definition) is 7. The molecule has 0 aromatic rings. The number of hydrogen-bond donors (Lipinski definition) is 4. The van der Waals surface area contributed by atoms with Crippen LogP contribution in [0.25, 0.3) is 0 Å². The number of fused-ring (bicyclic) bond motifs is 1. The predicted molar refractivity (Wildman–Crippen MR) is 184 cm³/mol. The van der Waals surface area contributed by atoms with Gasteiger partial charge in [0, 0.05) is 32.2 Å². The maximum atomic E-state index is 14.4. The highest BCUT2D eigenvalue weighted by molar-refractivity contribution is 7.89. The third-order valence-corrected chi connectivity index (χ3v) is 12.1. The number of carbonyl (C=O) groups is 5. The first-order valence-corrected chi connectivity index (χ1v) is 18.8. The number of carbonyl (C=O) groups excluding carboxylic acids is 5. The fourth-order valence-electron chi connectivity index (χ4n) is 6.97. The van der Waals surface area contributed by atoms with Gasteiger partial charge in [-0.2, -0.15) is 4.31 Å². The van der Waals surface area contributed by atoms with Crippen molar-refractivity contribution < 1.29 is 32.4 Å². The van der Waals surface area contributed by atoms with E-state index in [1.165, 1.54) is 15.3 Å². The smallest absolute Gasteiger partial charge is 0.315 e. The Morgan fingerprint density at radius 1 is 0.979 bits per heavy atom. The van der Waals surface area contributed by atoms with E-state index in [9.17, 15) is 32.4 Å². The maximum absolute atomic E-state index is 14.4. The molecule has 2 unspecified atom stereocenters. The lowest BCUT2D eigenvalue weighted by molar-refractivity contribution is -0.145. The molecule has 4 N–H and O–H groups in total. The number of sulfonamides is 1. The second-order valence-corrected chi connectivity index (χ2v) is 18.4. The van der Waals surface area contributed by atoms with Gasteiger partial charge in [-0.15, -0.1) is 6.58 Å². The van der Waals surface area contributed by atoms with Crippen LogP contribution < -0.4 is 21.3 Å². The van der Waals surface area contributed by atoms with Crippen LogP contribution in [-0.2, 0) is 29.2 Å². The summed E-state index contributed by atoms with van der Waals surface area (Å²) in [5.41, 5.74) is -1.46. The molecule has 0 radical (unpaired) electrons. The van der Waals surface area contributed by atoms with Crippen molar-refractivity contribution >= 4 is 39.6 Å². The van der Waals surface area contributed by atoms with Crippen LogP contribution in [0, 0.1) is 28.1 Å². The van der Waals surface area contributed by atoms with Gasteiger partial charge in [-0.3, -0.25) is 19.2 Å². The topological polar surface area (TPSA) is 174 Å². The summed E-state index contributed by atoms with van der Waals surface area (Å²) in [6.45, 7) is 21.6. The molecule has 2 saturated heterocycles. The Hall–Kier alpha value is -3.00. The van der Waals surface area contributed by atoms with E-state index in [1.807, 2.05) is 62.3 Å². The number of rotatable bonds is 13. The van der Waals surface area contributed by atoms with Gasteiger partial charge in [0.15, 0.2) is 0 Å². The zero-order chi connectivity index (χ0) is 36.4. The Morgan fingerprint density at radius 2 is 1.62 bits per heavy atom. The number of likely N-dealkylation sites (tertiary alicyclic amines) is 1. The minimum absolute atomic E-state index is 0.0552. The fourth-order valence-corrected chi connectivity index (χ4v) is 8.58. The van der Waals surface area contributed by atoms with E-state index in [2.05, 4.69) is 27.8 Å². The molecule has 5 amide bonds. The minimum Gasteiger partial charge on any atom is -0.346 e. The molecular formula is C34H58N6O7S. The Balaban J connectivity index is 1.82. The second-order valence-electron chi connectivity index (χ2n) is 16.3. The third kappa shape index (κ3) is 8.96. The Bertz CT molecular complexity index is 1370. The van der Waals surface area contributed by atoms with Gasteiger partial charge < -0.3 is 26.2 Å². The molecule has 1 aliphatic carbocycles. The summed E-state index contributed by atoms with van der Waals surface area (Å²) in [5, 5.41) is 11.1. The quantitative estimate of drug-likeness (QED) is 0.169. The van der Waals surface area contributed by atoms with Crippen molar-refractivity contribution in [1.82, 2.24) is 30.5 Å². The first-order valence-electron chi connectivity index (χ1n) is 17.2. The SMILES string of the molecule is C=CCNC(=O)C(=O)C(CCC)NC(=O)[C@@H]1[C@@H]2C(CN1C(=O)[C@@H](NC(=O)N[C@H](CN1CCCCS1(=O)=O)C(C)(C)C)C(C)(C)C)C2(C)C. The summed E-state index contributed by atoms with van der Waals surface area (Å²) in [5.74, 6) is -2.51. The summed E-state index contributed by atoms with van der Waals surface area (Å²) in [7, 11) is -3.42. The van der Waals surface area contributed by atoms with Gasteiger partial charge in [0.05, 0.1) is 11.8 Å². The molecule has 2 heterocycles. The summed E-state index contributed by atoms with van der Waals surface area (Å²) in [6, 6.07) is -4.11. The van der Waals surface area contributed by atoms with E-state index in [4.69, 9.17) is 0 Å². The van der Waals surface area contributed by atoms with Crippen LogP contribution in [0.15, 0.2) is 12.7 Å². The van der Waals surface area contributed by atoms with Crippen molar-refractivity contribution in [1.29, 1.82) is 0 Å². The van der Waals surface area contributed by atoms with E-state index < -0.39 is 74.6 Å². The highest BCUT2D eigenvalue weighted by Crippen LogP contribution is 2.65. The highest BCUT2D eigenvalue weighted by Gasteiger charge is 2.70. The Morgan fingerprint density at radius 3 is 2.17 bits per heavy atom. The van der Waals surface area contributed by atoms with Crippen LogP contribution in [0.2, 0.25) is 0 Å². The van der Waals surface area contributed by atoms with Gasteiger partial charge >= 0.3 is 6.03 Å². The molecular weight excluding hydrogens is 636 g/mol. The zero-order valence-corrected chi connectivity index (χ0v) is 31.1. The van der Waals surface area contributed by atoms with Crippen molar-refractivity contribution in [2.24, 2.45) is 28.1 Å². The van der Waals surface area contributed by atoms with E-state index >= 15 is 0 Å². The van der Waals surface area contributed by atoms with Gasteiger partial charge in [0.2, 0.25) is 27.6 Å². The molecule has 0 aromatic carbocycles. The third-order valence-electron chi connectivity index (χ3n) is 10.2. The number of Topliss-reactive ketones (excluding diaryl/α,β-unsaturated/α-hetero) is 1. The Labute approximate surface area is 286 Å². The lowest BCUT2D eigenvalue weighted by atomic mass is 9.85. The maximum Gasteiger partial charge on any atom is 0.315 e. The normalized spacial score (nSPS) is 25.1. The molecule has 2 aliphatic heterocycles. The molecule has 48 heavy (non-hydrogen) atoms. The lowest BCUT2D eigenvalue weighted by Crippen LogP contribution is -2.63. The van der Waals surface area contributed by atoms with Gasteiger partial charge in [0.1, 0.15) is 12.1 Å². The monoisotopic (exact) mass is 694 g/mol. The zero-order valence-electron chi connectivity index (χ0n) is 30.3. The summed E-state index contributed by atoms with van der Waals surface area (Å²) in [6.07, 6.45) is 3.61. The molecule has 3 aliphatic rings. The van der Waals surface area contributed by atoms with E-state index in [-0.39, 0.29) is 42.5 Å². The standard InChI is InChI=1S/C34H58N6O7S/c1-11-15-22(26(41)29(43)35-16-12-2)36-28(42)25-24-21(34(24,9)10)19-40(25)30(44)27(33(6,7)8)38-31(45)37-23(32(3,4)5)20-39-17-13-14-18-48(39,46)47/h12,21-25,27H,2,11,13-20H2,1,3-10H3,(H,35,43)(H,36,42)(H2,37,38,45)/t21?,22?,23-,24+,25+,27-/m1/s1. The van der Waals surface area contributed by atoms with Gasteiger partial charge in [-0.25, -0.2) is 13.2 Å².